The SMILES string of the molecule is CC(C)NC(=O)C(C)Sc1nnc(Cc2cccs2)n1C1CC1. The Hall–Kier alpha value is -1.34. The lowest BCUT2D eigenvalue weighted by atomic mass is 10.3. The van der Waals surface area contributed by atoms with Gasteiger partial charge in [-0.2, -0.15) is 0 Å². The number of nitrogens with zero attached hydrogens (tertiary/aromatic N) is 3. The van der Waals surface area contributed by atoms with Gasteiger partial charge < -0.3 is 9.88 Å². The topological polar surface area (TPSA) is 59.8 Å². The first-order valence-corrected chi connectivity index (χ1v) is 9.73. The Morgan fingerprint density at radius 1 is 1.43 bits per heavy atom. The van der Waals surface area contributed by atoms with Gasteiger partial charge in [0.1, 0.15) is 5.82 Å². The van der Waals surface area contributed by atoms with Crippen molar-refractivity contribution in [3.8, 4) is 0 Å². The third kappa shape index (κ3) is 4.14. The van der Waals surface area contributed by atoms with Gasteiger partial charge in [0.2, 0.25) is 5.91 Å². The van der Waals surface area contributed by atoms with Gasteiger partial charge in [-0.3, -0.25) is 4.79 Å². The summed E-state index contributed by atoms with van der Waals surface area (Å²) in [6, 6.07) is 4.84. The minimum absolute atomic E-state index is 0.0511. The van der Waals surface area contributed by atoms with Gasteiger partial charge in [0.25, 0.3) is 0 Å². The standard InChI is InChI=1S/C16H22N4OS2/c1-10(2)17-15(21)11(3)23-16-19-18-14(20(16)12-6-7-12)9-13-5-4-8-22-13/h4-5,8,10-12H,6-7,9H2,1-3H3,(H,17,21). The van der Waals surface area contributed by atoms with E-state index in [0.717, 1.165) is 17.4 Å². The van der Waals surface area contributed by atoms with Gasteiger partial charge in [0, 0.05) is 23.4 Å². The van der Waals surface area contributed by atoms with Gasteiger partial charge in [0.05, 0.1) is 5.25 Å². The molecule has 124 valence electrons. The van der Waals surface area contributed by atoms with Crippen LogP contribution in [0.5, 0.6) is 0 Å². The van der Waals surface area contributed by atoms with Gasteiger partial charge in [-0.25, -0.2) is 0 Å². The summed E-state index contributed by atoms with van der Waals surface area (Å²) in [5.74, 6) is 1.06. The Morgan fingerprint density at radius 3 is 2.83 bits per heavy atom. The molecule has 3 rings (SSSR count). The van der Waals surface area contributed by atoms with Gasteiger partial charge in [0.15, 0.2) is 5.16 Å². The largest absolute Gasteiger partial charge is 0.353 e. The quantitative estimate of drug-likeness (QED) is 0.779. The maximum Gasteiger partial charge on any atom is 0.233 e. The smallest absolute Gasteiger partial charge is 0.233 e. The monoisotopic (exact) mass is 350 g/mol. The van der Waals surface area contributed by atoms with E-state index in [1.54, 1.807) is 11.3 Å². The number of carbonyl (C=O) groups is 1. The molecule has 0 aliphatic heterocycles. The molecule has 1 unspecified atom stereocenters. The van der Waals surface area contributed by atoms with Gasteiger partial charge in [-0.15, -0.1) is 21.5 Å². The van der Waals surface area contributed by atoms with Crippen molar-refractivity contribution in [2.75, 3.05) is 0 Å². The molecule has 0 bridgehead atoms. The molecular weight excluding hydrogens is 328 g/mol. The molecular formula is C16H22N4OS2. The molecule has 23 heavy (non-hydrogen) atoms. The summed E-state index contributed by atoms with van der Waals surface area (Å²) in [5.41, 5.74) is 0. The van der Waals surface area contributed by atoms with E-state index in [-0.39, 0.29) is 17.2 Å². The van der Waals surface area contributed by atoms with E-state index in [1.807, 2.05) is 20.8 Å². The molecule has 0 aromatic carbocycles. The first-order valence-electron chi connectivity index (χ1n) is 7.97. The van der Waals surface area contributed by atoms with Gasteiger partial charge in [-0.05, 0) is 45.1 Å². The van der Waals surface area contributed by atoms with E-state index in [9.17, 15) is 4.79 Å². The zero-order valence-electron chi connectivity index (χ0n) is 13.7. The maximum atomic E-state index is 12.1. The molecule has 1 amide bonds. The summed E-state index contributed by atoms with van der Waals surface area (Å²) in [4.78, 5) is 13.4. The highest BCUT2D eigenvalue weighted by Gasteiger charge is 2.31. The molecule has 2 heterocycles. The first kappa shape index (κ1) is 16.5. The Balaban J connectivity index is 1.74. The number of rotatable bonds is 7. The lowest BCUT2D eigenvalue weighted by Crippen LogP contribution is -2.36. The number of amides is 1. The van der Waals surface area contributed by atoms with Crippen molar-refractivity contribution in [3.05, 3.63) is 28.2 Å². The van der Waals surface area contributed by atoms with Crippen LogP contribution < -0.4 is 5.32 Å². The number of carbonyl (C=O) groups excluding carboxylic acids is 1. The number of nitrogens with one attached hydrogen (secondary N) is 1. The van der Waals surface area contributed by atoms with Crippen LogP contribution in [0.25, 0.3) is 0 Å². The zero-order chi connectivity index (χ0) is 16.4. The Kier molecular flexibility index (Phi) is 5.06. The number of aromatic nitrogens is 3. The average molecular weight is 351 g/mol. The predicted octanol–water partition coefficient (Wildman–Crippen LogP) is 3.27. The molecule has 2 aromatic heterocycles. The summed E-state index contributed by atoms with van der Waals surface area (Å²) in [7, 11) is 0. The van der Waals surface area contributed by atoms with Crippen LogP contribution in [0.4, 0.5) is 0 Å². The predicted molar refractivity (Wildman–Crippen MR) is 94.0 cm³/mol. The Labute approximate surface area is 144 Å². The van der Waals surface area contributed by atoms with E-state index in [0.29, 0.717) is 6.04 Å². The normalized spacial score (nSPS) is 15.8. The maximum absolute atomic E-state index is 12.1. The summed E-state index contributed by atoms with van der Waals surface area (Å²) in [6.07, 6.45) is 3.17. The van der Waals surface area contributed by atoms with Gasteiger partial charge in [-0.1, -0.05) is 17.8 Å². The number of hydrogen-bond acceptors (Lipinski definition) is 5. The molecule has 5 nitrogen and oxygen atoms in total. The summed E-state index contributed by atoms with van der Waals surface area (Å²) >= 11 is 3.24. The van der Waals surface area contributed by atoms with Crippen molar-refractivity contribution < 1.29 is 4.79 Å². The zero-order valence-corrected chi connectivity index (χ0v) is 15.3. The third-order valence-electron chi connectivity index (χ3n) is 3.64. The minimum Gasteiger partial charge on any atom is -0.353 e. The van der Waals surface area contributed by atoms with Crippen LogP contribution in [0.1, 0.15) is 50.4 Å². The fourth-order valence-corrected chi connectivity index (χ4v) is 4.04. The van der Waals surface area contributed by atoms with Crippen LogP contribution in [0.2, 0.25) is 0 Å². The van der Waals surface area contributed by atoms with Crippen LogP contribution in [-0.2, 0) is 11.2 Å². The van der Waals surface area contributed by atoms with Crippen LogP contribution >= 0.6 is 23.1 Å². The Morgan fingerprint density at radius 2 is 2.22 bits per heavy atom. The second-order valence-electron chi connectivity index (χ2n) is 6.18. The van der Waals surface area contributed by atoms with Crippen molar-refractivity contribution in [2.45, 2.75) is 62.5 Å². The lowest BCUT2D eigenvalue weighted by molar-refractivity contribution is -0.120. The fourth-order valence-electron chi connectivity index (χ4n) is 2.39. The van der Waals surface area contributed by atoms with Crippen LogP contribution in [-0.4, -0.2) is 32.0 Å². The van der Waals surface area contributed by atoms with Gasteiger partial charge >= 0.3 is 0 Å². The second-order valence-corrected chi connectivity index (χ2v) is 8.52. The van der Waals surface area contributed by atoms with E-state index in [2.05, 4.69) is 37.6 Å². The summed E-state index contributed by atoms with van der Waals surface area (Å²) in [5, 5.41) is 14.5. The molecule has 1 atom stereocenters. The molecule has 0 radical (unpaired) electrons. The van der Waals surface area contributed by atoms with E-state index >= 15 is 0 Å². The molecule has 1 fully saturated rings. The van der Waals surface area contributed by atoms with Crippen molar-refractivity contribution in [1.82, 2.24) is 20.1 Å². The number of thiophene rings is 1. The molecule has 0 spiro atoms. The van der Waals surface area contributed by atoms with Crippen molar-refractivity contribution in [2.24, 2.45) is 0 Å². The first-order chi connectivity index (χ1) is 11.0. The summed E-state index contributed by atoms with van der Waals surface area (Å²) in [6.45, 7) is 5.87. The van der Waals surface area contributed by atoms with Crippen molar-refractivity contribution in [1.29, 1.82) is 0 Å². The average Bonchev–Trinajstić information content (AvgIpc) is 3.04. The molecule has 1 N–H and O–H groups in total. The molecule has 2 aromatic rings. The van der Waals surface area contributed by atoms with Crippen molar-refractivity contribution >= 4 is 29.0 Å². The highest BCUT2D eigenvalue weighted by atomic mass is 32.2. The summed E-state index contributed by atoms with van der Waals surface area (Å²) < 4.78 is 2.24. The minimum atomic E-state index is -0.173. The molecule has 0 saturated heterocycles. The van der Waals surface area contributed by atoms with Crippen LogP contribution in [0.3, 0.4) is 0 Å². The number of thioether (sulfide) groups is 1. The van der Waals surface area contributed by atoms with E-state index in [1.165, 1.54) is 29.5 Å². The van der Waals surface area contributed by atoms with E-state index in [4.69, 9.17) is 0 Å². The lowest BCUT2D eigenvalue weighted by Gasteiger charge is -2.14. The highest BCUT2D eigenvalue weighted by Crippen LogP contribution is 2.40. The molecule has 1 saturated carbocycles. The Bertz CT molecular complexity index is 662. The highest BCUT2D eigenvalue weighted by molar-refractivity contribution is 8.00. The van der Waals surface area contributed by atoms with Crippen LogP contribution in [0, 0.1) is 0 Å². The third-order valence-corrected chi connectivity index (χ3v) is 5.58. The number of hydrogen-bond donors (Lipinski definition) is 1. The molecule has 7 heteroatoms. The second kappa shape index (κ2) is 7.05. The molecule has 1 aliphatic rings. The van der Waals surface area contributed by atoms with E-state index < -0.39 is 0 Å². The van der Waals surface area contributed by atoms with Crippen molar-refractivity contribution in [3.63, 3.8) is 0 Å². The molecule has 1 aliphatic carbocycles. The fraction of sp³-hybridized carbons (Fsp3) is 0.562. The van der Waals surface area contributed by atoms with Crippen LogP contribution in [0.15, 0.2) is 22.7 Å².